The van der Waals surface area contributed by atoms with Gasteiger partial charge in [0.25, 0.3) is 11.6 Å². The van der Waals surface area contributed by atoms with Gasteiger partial charge in [-0.1, -0.05) is 24.3 Å². The van der Waals surface area contributed by atoms with Crippen LogP contribution in [0.4, 0.5) is 17.1 Å². The van der Waals surface area contributed by atoms with Crippen LogP contribution in [-0.4, -0.2) is 22.8 Å². The van der Waals surface area contributed by atoms with E-state index in [0.717, 1.165) is 0 Å². The Kier molecular flexibility index (Phi) is 4.38. The van der Waals surface area contributed by atoms with Crippen LogP contribution >= 0.6 is 0 Å². The molecular formula is C18H16N4O3. The van der Waals surface area contributed by atoms with Crippen molar-refractivity contribution in [2.45, 2.75) is 13.8 Å². The minimum absolute atomic E-state index is 0.00343. The van der Waals surface area contributed by atoms with Crippen LogP contribution in [0.15, 0.2) is 58.6 Å². The molecule has 1 aliphatic heterocycles. The summed E-state index contributed by atoms with van der Waals surface area (Å²) in [6, 6.07) is 13.9. The summed E-state index contributed by atoms with van der Waals surface area (Å²) >= 11 is 0. The Hall–Kier alpha value is -3.35. The third-order valence-corrected chi connectivity index (χ3v) is 3.95. The average Bonchev–Trinajstić information content (AvgIpc) is 2.89. The number of hydrazone groups is 1. The Morgan fingerprint density at radius 1 is 1.20 bits per heavy atom. The van der Waals surface area contributed by atoms with Gasteiger partial charge >= 0.3 is 0 Å². The highest BCUT2D eigenvalue weighted by molar-refractivity contribution is 6.23. The maximum absolute atomic E-state index is 12.6. The number of aryl methyl sites for hydroxylation is 1. The summed E-state index contributed by atoms with van der Waals surface area (Å²) < 4.78 is 0. The first-order chi connectivity index (χ1) is 12.0. The fourth-order valence-corrected chi connectivity index (χ4v) is 2.54. The number of carbonyl (C=O) groups is 1. The van der Waals surface area contributed by atoms with Crippen molar-refractivity contribution in [1.82, 2.24) is 0 Å². The van der Waals surface area contributed by atoms with E-state index >= 15 is 0 Å². The van der Waals surface area contributed by atoms with Gasteiger partial charge in [0.05, 0.1) is 22.0 Å². The van der Waals surface area contributed by atoms with E-state index in [4.69, 9.17) is 0 Å². The molecule has 0 saturated carbocycles. The number of anilines is 1. The third-order valence-electron chi connectivity index (χ3n) is 3.95. The number of benzene rings is 2. The topological polar surface area (TPSA) is 88.2 Å². The SMILES string of the molecule is CC1=NN(c2ccccc2)C(=O)[C@H]1C=Nc1ccc(C)c([N+](=O)[O-])c1. The maximum Gasteiger partial charge on any atom is 0.274 e. The van der Waals surface area contributed by atoms with E-state index in [1.54, 1.807) is 38.1 Å². The van der Waals surface area contributed by atoms with E-state index in [9.17, 15) is 14.9 Å². The molecule has 25 heavy (non-hydrogen) atoms. The number of hydrogen-bond acceptors (Lipinski definition) is 5. The van der Waals surface area contributed by atoms with Gasteiger partial charge in [0.15, 0.2) is 0 Å². The molecule has 3 rings (SSSR count). The van der Waals surface area contributed by atoms with Crippen LogP contribution in [0.3, 0.4) is 0 Å². The molecule has 0 bridgehead atoms. The number of aliphatic imine (C=N–C) groups is 1. The highest BCUT2D eigenvalue weighted by Gasteiger charge is 2.33. The average molecular weight is 336 g/mol. The lowest BCUT2D eigenvalue weighted by atomic mass is 10.1. The van der Waals surface area contributed by atoms with Gasteiger partial charge in [0, 0.05) is 17.8 Å². The van der Waals surface area contributed by atoms with E-state index in [-0.39, 0.29) is 11.6 Å². The molecule has 0 aliphatic carbocycles. The molecular weight excluding hydrogens is 320 g/mol. The molecule has 0 unspecified atom stereocenters. The van der Waals surface area contributed by atoms with Crippen LogP contribution in [0.25, 0.3) is 0 Å². The molecule has 1 heterocycles. The summed E-state index contributed by atoms with van der Waals surface area (Å²) in [5, 5.41) is 16.7. The predicted octanol–water partition coefficient (Wildman–Crippen LogP) is 3.64. The molecule has 0 aromatic heterocycles. The molecule has 2 aromatic rings. The lowest BCUT2D eigenvalue weighted by Gasteiger charge is -2.12. The van der Waals surface area contributed by atoms with Gasteiger partial charge in [-0.2, -0.15) is 10.1 Å². The minimum Gasteiger partial charge on any atom is -0.271 e. The first-order valence-corrected chi connectivity index (χ1v) is 7.70. The Morgan fingerprint density at radius 2 is 1.92 bits per heavy atom. The van der Waals surface area contributed by atoms with Gasteiger partial charge in [-0.15, -0.1) is 0 Å². The smallest absolute Gasteiger partial charge is 0.271 e. The van der Waals surface area contributed by atoms with E-state index in [1.807, 2.05) is 18.2 Å². The van der Waals surface area contributed by atoms with Gasteiger partial charge in [-0.3, -0.25) is 19.9 Å². The van der Waals surface area contributed by atoms with Crippen LogP contribution in [0.5, 0.6) is 0 Å². The highest BCUT2D eigenvalue weighted by Crippen LogP contribution is 2.26. The van der Waals surface area contributed by atoms with Crippen molar-refractivity contribution in [2.75, 3.05) is 5.01 Å². The molecule has 1 amide bonds. The number of rotatable bonds is 4. The zero-order valence-electron chi connectivity index (χ0n) is 13.8. The Morgan fingerprint density at radius 3 is 2.60 bits per heavy atom. The molecule has 7 nitrogen and oxygen atoms in total. The molecule has 0 spiro atoms. The van der Waals surface area contributed by atoms with E-state index < -0.39 is 10.8 Å². The van der Waals surface area contributed by atoms with Crippen LogP contribution in [0, 0.1) is 23.0 Å². The number of carbonyl (C=O) groups excluding carboxylic acids is 1. The quantitative estimate of drug-likeness (QED) is 0.485. The van der Waals surface area contributed by atoms with Crippen molar-refractivity contribution in [3.63, 3.8) is 0 Å². The molecule has 7 heteroatoms. The van der Waals surface area contributed by atoms with Gasteiger partial charge in [0.2, 0.25) is 0 Å². The normalized spacial score (nSPS) is 17.2. The lowest BCUT2D eigenvalue weighted by Crippen LogP contribution is -2.27. The van der Waals surface area contributed by atoms with E-state index in [2.05, 4.69) is 10.1 Å². The molecule has 0 fully saturated rings. The third kappa shape index (κ3) is 3.30. The number of nitrogens with zero attached hydrogens (tertiary/aromatic N) is 4. The zero-order chi connectivity index (χ0) is 18.0. The van der Waals surface area contributed by atoms with Gasteiger partial charge in [0.1, 0.15) is 5.92 Å². The van der Waals surface area contributed by atoms with Crippen LogP contribution in [0.1, 0.15) is 12.5 Å². The van der Waals surface area contributed by atoms with Crippen molar-refractivity contribution in [2.24, 2.45) is 16.0 Å². The number of hydrogen-bond donors (Lipinski definition) is 0. The maximum atomic E-state index is 12.6. The molecule has 0 radical (unpaired) electrons. The number of nitro benzene ring substituents is 1. The standard InChI is InChI=1S/C18H16N4O3/c1-12-8-9-14(10-17(12)22(24)25)19-11-16-13(2)20-21(18(16)23)15-6-4-3-5-7-15/h3-11,16H,1-2H3/t16-/m0/s1. The monoisotopic (exact) mass is 336 g/mol. The Bertz CT molecular complexity index is 890. The first kappa shape index (κ1) is 16.5. The summed E-state index contributed by atoms with van der Waals surface area (Å²) in [6.07, 6.45) is 1.48. The second-order valence-corrected chi connectivity index (χ2v) is 5.71. The summed E-state index contributed by atoms with van der Waals surface area (Å²) in [6.45, 7) is 3.43. The van der Waals surface area contributed by atoms with Crippen LogP contribution in [-0.2, 0) is 4.79 Å². The molecule has 2 aromatic carbocycles. The van der Waals surface area contributed by atoms with Crippen molar-refractivity contribution in [1.29, 1.82) is 0 Å². The zero-order valence-corrected chi connectivity index (χ0v) is 13.8. The molecule has 1 aliphatic rings. The fourth-order valence-electron chi connectivity index (χ4n) is 2.54. The molecule has 0 saturated heterocycles. The lowest BCUT2D eigenvalue weighted by molar-refractivity contribution is -0.385. The second kappa shape index (κ2) is 6.64. The second-order valence-electron chi connectivity index (χ2n) is 5.71. The van der Waals surface area contributed by atoms with Gasteiger partial charge in [-0.25, -0.2) is 0 Å². The van der Waals surface area contributed by atoms with Gasteiger partial charge in [-0.05, 0) is 32.0 Å². The van der Waals surface area contributed by atoms with E-state index in [1.165, 1.54) is 17.3 Å². The predicted molar refractivity (Wildman–Crippen MR) is 96.5 cm³/mol. The Balaban J connectivity index is 1.83. The number of amides is 1. The number of nitro groups is 1. The minimum atomic E-state index is -0.583. The van der Waals surface area contributed by atoms with Crippen LogP contribution in [0.2, 0.25) is 0 Å². The van der Waals surface area contributed by atoms with Crippen molar-refractivity contribution < 1.29 is 9.72 Å². The first-order valence-electron chi connectivity index (χ1n) is 7.70. The summed E-state index contributed by atoms with van der Waals surface area (Å²) in [5.74, 6) is -0.783. The summed E-state index contributed by atoms with van der Waals surface area (Å²) in [7, 11) is 0. The molecule has 0 N–H and O–H groups in total. The highest BCUT2D eigenvalue weighted by atomic mass is 16.6. The molecule has 126 valence electrons. The fraction of sp³-hybridized carbons (Fsp3) is 0.167. The number of para-hydroxylation sites is 1. The van der Waals surface area contributed by atoms with E-state index in [0.29, 0.717) is 22.6 Å². The Labute approximate surface area is 144 Å². The van der Waals surface area contributed by atoms with Crippen molar-refractivity contribution >= 4 is 34.9 Å². The van der Waals surface area contributed by atoms with Crippen molar-refractivity contribution in [3.8, 4) is 0 Å². The summed E-state index contributed by atoms with van der Waals surface area (Å²) in [5.41, 5.74) is 2.31. The van der Waals surface area contributed by atoms with Gasteiger partial charge < -0.3 is 0 Å². The van der Waals surface area contributed by atoms with Crippen LogP contribution < -0.4 is 5.01 Å². The summed E-state index contributed by atoms with van der Waals surface area (Å²) in [4.78, 5) is 27.4. The van der Waals surface area contributed by atoms with Crippen molar-refractivity contribution in [3.05, 3.63) is 64.2 Å². The molecule has 1 atom stereocenters. The largest absolute Gasteiger partial charge is 0.274 e.